The zero-order valence-corrected chi connectivity index (χ0v) is 14.3. The Labute approximate surface area is 144 Å². The molecule has 2 aliphatic rings. The maximum Gasteiger partial charge on any atom is 0.330 e. The standard InChI is InChI=1S/C18H19N3O2S/c1-12-7-9-18(10-8-12)16(22)21(17(23)19-18)15-11-14(20-24-15)13-5-3-2-4-6-13/h2-6,11-12H,7-10H2,1H3,(H,19,23). The van der Waals surface area contributed by atoms with Crippen molar-refractivity contribution in [2.75, 3.05) is 4.90 Å². The van der Waals surface area contributed by atoms with Gasteiger partial charge in [-0.2, -0.15) is 4.37 Å². The molecule has 0 bridgehead atoms. The highest BCUT2D eigenvalue weighted by Gasteiger charge is 2.53. The molecule has 1 saturated carbocycles. The molecule has 1 spiro atoms. The Morgan fingerprint density at radius 2 is 1.92 bits per heavy atom. The third-order valence-electron chi connectivity index (χ3n) is 5.08. The third-order valence-corrected chi connectivity index (χ3v) is 5.85. The second kappa shape index (κ2) is 5.70. The Morgan fingerprint density at radius 1 is 1.21 bits per heavy atom. The lowest BCUT2D eigenvalue weighted by Gasteiger charge is -2.33. The molecule has 0 unspecified atom stereocenters. The molecule has 0 atom stereocenters. The molecule has 3 amide bonds. The third kappa shape index (κ3) is 2.41. The van der Waals surface area contributed by atoms with Crippen molar-refractivity contribution in [2.24, 2.45) is 5.92 Å². The molecule has 5 nitrogen and oxygen atoms in total. The first-order valence-electron chi connectivity index (χ1n) is 8.28. The summed E-state index contributed by atoms with van der Waals surface area (Å²) in [5.41, 5.74) is 1.06. The van der Waals surface area contributed by atoms with Crippen molar-refractivity contribution in [3.8, 4) is 11.3 Å². The van der Waals surface area contributed by atoms with Crippen molar-refractivity contribution < 1.29 is 9.59 Å². The summed E-state index contributed by atoms with van der Waals surface area (Å²) in [5.74, 6) is 0.491. The monoisotopic (exact) mass is 341 g/mol. The van der Waals surface area contributed by atoms with Crippen LogP contribution in [0.25, 0.3) is 11.3 Å². The van der Waals surface area contributed by atoms with E-state index in [2.05, 4.69) is 16.6 Å². The predicted octanol–water partition coefficient (Wildman–Crippen LogP) is 3.82. The largest absolute Gasteiger partial charge is 0.330 e. The molecule has 4 rings (SSSR count). The minimum absolute atomic E-state index is 0.123. The van der Waals surface area contributed by atoms with Gasteiger partial charge in [-0.25, -0.2) is 9.69 Å². The number of benzene rings is 1. The molecule has 124 valence electrons. The van der Waals surface area contributed by atoms with Gasteiger partial charge in [-0.05, 0) is 43.1 Å². The van der Waals surface area contributed by atoms with Crippen molar-refractivity contribution in [3.05, 3.63) is 36.4 Å². The summed E-state index contributed by atoms with van der Waals surface area (Å²) >= 11 is 1.19. The van der Waals surface area contributed by atoms with Crippen molar-refractivity contribution >= 4 is 28.5 Å². The van der Waals surface area contributed by atoms with Crippen LogP contribution in [0.4, 0.5) is 9.80 Å². The molecule has 1 saturated heterocycles. The number of rotatable bonds is 2. The van der Waals surface area contributed by atoms with E-state index in [0.717, 1.165) is 36.9 Å². The Bertz CT molecular complexity index is 779. The number of nitrogens with one attached hydrogen (secondary N) is 1. The number of hydrogen-bond donors (Lipinski definition) is 1. The van der Waals surface area contributed by atoms with Crippen LogP contribution in [-0.2, 0) is 4.79 Å². The minimum atomic E-state index is -0.708. The fourth-order valence-corrected chi connectivity index (χ4v) is 4.29. The number of imide groups is 1. The van der Waals surface area contributed by atoms with Crippen LogP contribution in [0.1, 0.15) is 32.6 Å². The highest BCUT2D eigenvalue weighted by atomic mass is 32.1. The Kier molecular flexibility index (Phi) is 3.64. The van der Waals surface area contributed by atoms with Crippen molar-refractivity contribution in [3.63, 3.8) is 0 Å². The number of carbonyl (C=O) groups excluding carboxylic acids is 2. The summed E-state index contributed by atoms with van der Waals surface area (Å²) in [6, 6.07) is 11.3. The first kappa shape index (κ1) is 15.3. The van der Waals surface area contributed by atoms with E-state index in [1.807, 2.05) is 36.4 Å². The smallest absolute Gasteiger partial charge is 0.323 e. The van der Waals surface area contributed by atoms with E-state index in [-0.39, 0.29) is 11.9 Å². The van der Waals surface area contributed by atoms with E-state index < -0.39 is 5.54 Å². The summed E-state index contributed by atoms with van der Waals surface area (Å²) in [6.45, 7) is 2.20. The molecule has 1 aliphatic heterocycles. The van der Waals surface area contributed by atoms with Crippen LogP contribution in [0.15, 0.2) is 36.4 Å². The molecule has 2 aromatic rings. The van der Waals surface area contributed by atoms with Crippen molar-refractivity contribution in [1.82, 2.24) is 9.69 Å². The second-order valence-corrected chi connectivity index (χ2v) is 7.54. The second-order valence-electron chi connectivity index (χ2n) is 6.75. The molecule has 24 heavy (non-hydrogen) atoms. The molecule has 1 aromatic carbocycles. The summed E-state index contributed by atoms with van der Waals surface area (Å²) < 4.78 is 4.41. The van der Waals surface area contributed by atoms with Crippen molar-refractivity contribution in [1.29, 1.82) is 0 Å². The molecule has 2 fully saturated rings. The SMILES string of the molecule is CC1CCC2(CC1)NC(=O)N(c1cc(-c3ccccc3)ns1)C2=O. The molecular formula is C18H19N3O2S. The van der Waals surface area contributed by atoms with Gasteiger partial charge >= 0.3 is 6.03 Å². The summed E-state index contributed by atoms with van der Waals surface area (Å²) in [6.07, 6.45) is 3.38. The number of aromatic nitrogens is 1. The fourth-order valence-electron chi connectivity index (χ4n) is 3.53. The van der Waals surface area contributed by atoms with Gasteiger partial charge in [0.2, 0.25) is 0 Å². The number of amides is 3. The van der Waals surface area contributed by atoms with E-state index in [1.165, 1.54) is 16.4 Å². The lowest BCUT2D eigenvalue weighted by atomic mass is 9.77. The summed E-state index contributed by atoms with van der Waals surface area (Å²) in [4.78, 5) is 26.7. The van der Waals surface area contributed by atoms with Crippen LogP contribution in [0.5, 0.6) is 0 Å². The van der Waals surface area contributed by atoms with Crippen molar-refractivity contribution in [2.45, 2.75) is 38.1 Å². The van der Waals surface area contributed by atoms with Gasteiger partial charge in [0.15, 0.2) is 0 Å². The van der Waals surface area contributed by atoms with Gasteiger partial charge in [-0.15, -0.1) is 0 Å². The predicted molar refractivity (Wildman–Crippen MR) is 93.9 cm³/mol. The zero-order valence-electron chi connectivity index (χ0n) is 13.5. The van der Waals surface area contributed by atoms with E-state index in [9.17, 15) is 9.59 Å². The van der Waals surface area contributed by atoms with Crippen LogP contribution < -0.4 is 10.2 Å². The lowest BCUT2D eigenvalue weighted by Crippen LogP contribution is -2.49. The van der Waals surface area contributed by atoms with Crippen LogP contribution >= 0.6 is 11.5 Å². The van der Waals surface area contributed by atoms with Gasteiger partial charge in [-0.3, -0.25) is 4.79 Å². The van der Waals surface area contributed by atoms with Gasteiger partial charge in [0, 0.05) is 11.6 Å². The minimum Gasteiger partial charge on any atom is -0.323 e. The first-order valence-corrected chi connectivity index (χ1v) is 9.05. The average molecular weight is 341 g/mol. The molecule has 1 aromatic heterocycles. The number of carbonyl (C=O) groups is 2. The van der Waals surface area contributed by atoms with Gasteiger partial charge in [0.1, 0.15) is 10.5 Å². The molecule has 1 aliphatic carbocycles. The van der Waals surface area contributed by atoms with E-state index in [0.29, 0.717) is 10.9 Å². The van der Waals surface area contributed by atoms with E-state index >= 15 is 0 Å². The van der Waals surface area contributed by atoms with Gasteiger partial charge < -0.3 is 5.32 Å². The number of nitrogens with zero attached hydrogens (tertiary/aromatic N) is 2. The molecule has 1 N–H and O–H groups in total. The van der Waals surface area contributed by atoms with E-state index in [4.69, 9.17) is 0 Å². The fraction of sp³-hybridized carbons (Fsp3) is 0.389. The molecule has 6 heteroatoms. The highest BCUT2D eigenvalue weighted by molar-refractivity contribution is 7.11. The first-order chi connectivity index (χ1) is 11.6. The van der Waals surface area contributed by atoms with Gasteiger partial charge in [-0.1, -0.05) is 37.3 Å². The molecular weight excluding hydrogens is 322 g/mol. The Morgan fingerprint density at radius 3 is 2.62 bits per heavy atom. The highest BCUT2D eigenvalue weighted by Crippen LogP contribution is 2.39. The zero-order chi connectivity index (χ0) is 16.7. The van der Waals surface area contributed by atoms with E-state index in [1.54, 1.807) is 0 Å². The number of hydrogen-bond acceptors (Lipinski definition) is 4. The number of urea groups is 1. The van der Waals surface area contributed by atoms with Gasteiger partial charge in [0.25, 0.3) is 5.91 Å². The molecule has 2 heterocycles. The summed E-state index contributed by atoms with van der Waals surface area (Å²) in [7, 11) is 0. The lowest BCUT2D eigenvalue weighted by molar-refractivity contribution is -0.123. The maximum atomic E-state index is 13.0. The van der Waals surface area contributed by atoms with Crippen LogP contribution in [-0.4, -0.2) is 21.9 Å². The molecule has 0 radical (unpaired) electrons. The van der Waals surface area contributed by atoms with Crippen LogP contribution in [0.3, 0.4) is 0 Å². The maximum absolute atomic E-state index is 13.0. The normalized spacial score (nSPS) is 26.9. The van der Waals surface area contributed by atoms with Gasteiger partial charge in [0.05, 0.1) is 5.69 Å². The Hall–Kier alpha value is -2.21. The number of anilines is 1. The summed E-state index contributed by atoms with van der Waals surface area (Å²) in [5, 5.41) is 3.54. The van der Waals surface area contributed by atoms with Crippen LogP contribution in [0, 0.1) is 5.92 Å². The van der Waals surface area contributed by atoms with Crippen LogP contribution in [0.2, 0.25) is 0 Å². The quantitative estimate of drug-likeness (QED) is 0.845. The average Bonchev–Trinajstić information content (AvgIpc) is 3.15. The topological polar surface area (TPSA) is 62.3 Å². The Balaban J connectivity index is 1.62.